The highest BCUT2D eigenvalue weighted by atomic mass is 35.5. The molecule has 84 valence electrons. The van der Waals surface area contributed by atoms with Crippen LogP contribution in [0.2, 0.25) is 0 Å². The largest absolute Gasteiger partial charge is 0.432 e. The van der Waals surface area contributed by atoms with Gasteiger partial charge in [-0.3, -0.25) is 0 Å². The van der Waals surface area contributed by atoms with Crippen molar-refractivity contribution in [2.45, 2.75) is 38.6 Å². The third-order valence-corrected chi connectivity index (χ3v) is 3.57. The van der Waals surface area contributed by atoms with Crippen LogP contribution in [-0.2, 0) is 5.88 Å². The molecule has 2 atom stereocenters. The third-order valence-electron chi connectivity index (χ3n) is 3.30. The lowest BCUT2D eigenvalue weighted by Crippen LogP contribution is -2.42. The summed E-state index contributed by atoms with van der Waals surface area (Å²) in [6.07, 6.45) is 4.15. The maximum absolute atomic E-state index is 5.70. The van der Waals surface area contributed by atoms with Crippen LogP contribution in [0.1, 0.15) is 32.4 Å². The molecule has 0 aliphatic carbocycles. The molecule has 0 bridgehead atoms. The van der Waals surface area contributed by atoms with Crippen molar-refractivity contribution < 1.29 is 4.42 Å². The lowest BCUT2D eigenvalue weighted by atomic mass is 9.92. The first kappa shape index (κ1) is 10.8. The summed E-state index contributed by atoms with van der Waals surface area (Å²) in [5.41, 5.74) is 0.817. The molecular formula is C11H17ClN2O. The van der Waals surface area contributed by atoms with E-state index in [1.165, 1.54) is 12.8 Å². The SMILES string of the molecule is CC1CCCN(c2nc(CCl)co2)C1C. The van der Waals surface area contributed by atoms with E-state index >= 15 is 0 Å². The minimum Gasteiger partial charge on any atom is -0.432 e. The molecule has 0 aromatic carbocycles. The van der Waals surface area contributed by atoms with Gasteiger partial charge in [-0.05, 0) is 25.7 Å². The van der Waals surface area contributed by atoms with Gasteiger partial charge in [0.05, 0.1) is 11.6 Å². The minimum absolute atomic E-state index is 0.418. The Morgan fingerprint density at radius 2 is 2.40 bits per heavy atom. The quantitative estimate of drug-likeness (QED) is 0.729. The van der Waals surface area contributed by atoms with E-state index in [4.69, 9.17) is 16.0 Å². The normalized spacial score (nSPS) is 27.0. The molecule has 15 heavy (non-hydrogen) atoms. The second kappa shape index (κ2) is 4.44. The Hall–Kier alpha value is -0.700. The van der Waals surface area contributed by atoms with E-state index in [2.05, 4.69) is 23.7 Å². The summed E-state index contributed by atoms with van der Waals surface area (Å²) in [7, 11) is 0. The van der Waals surface area contributed by atoms with Crippen LogP contribution in [0.15, 0.2) is 10.7 Å². The average Bonchev–Trinajstić information content (AvgIpc) is 2.70. The number of anilines is 1. The second-order valence-electron chi connectivity index (χ2n) is 4.31. The zero-order valence-electron chi connectivity index (χ0n) is 9.24. The summed E-state index contributed by atoms with van der Waals surface area (Å²) < 4.78 is 5.44. The van der Waals surface area contributed by atoms with Crippen LogP contribution in [-0.4, -0.2) is 17.6 Å². The summed E-state index contributed by atoms with van der Waals surface area (Å²) in [4.78, 5) is 6.60. The molecule has 0 N–H and O–H groups in total. The smallest absolute Gasteiger partial charge is 0.297 e. The maximum atomic E-state index is 5.70. The van der Waals surface area contributed by atoms with Crippen molar-refractivity contribution in [3.63, 3.8) is 0 Å². The number of oxazole rings is 1. The average molecular weight is 229 g/mol. The van der Waals surface area contributed by atoms with Crippen LogP contribution in [0.4, 0.5) is 6.01 Å². The van der Waals surface area contributed by atoms with Crippen molar-refractivity contribution >= 4 is 17.6 Å². The van der Waals surface area contributed by atoms with Gasteiger partial charge in [-0.25, -0.2) is 0 Å². The van der Waals surface area contributed by atoms with Crippen molar-refractivity contribution in [1.29, 1.82) is 0 Å². The van der Waals surface area contributed by atoms with Crippen molar-refractivity contribution in [2.24, 2.45) is 5.92 Å². The van der Waals surface area contributed by atoms with Gasteiger partial charge in [0.25, 0.3) is 6.01 Å². The summed E-state index contributed by atoms with van der Waals surface area (Å²) >= 11 is 5.70. The first-order valence-corrected chi connectivity index (χ1v) is 6.03. The van der Waals surface area contributed by atoms with Crippen LogP contribution >= 0.6 is 11.6 Å². The van der Waals surface area contributed by atoms with Crippen molar-refractivity contribution in [3.8, 4) is 0 Å². The van der Waals surface area contributed by atoms with Gasteiger partial charge in [-0.15, -0.1) is 11.6 Å². The predicted molar refractivity (Wildman–Crippen MR) is 61.3 cm³/mol. The number of hydrogen-bond acceptors (Lipinski definition) is 3. The molecule has 1 aromatic rings. The van der Waals surface area contributed by atoms with E-state index < -0.39 is 0 Å². The molecule has 1 saturated heterocycles. The topological polar surface area (TPSA) is 29.3 Å². The van der Waals surface area contributed by atoms with Gasteiger partial charge in [0.15, 0.2) is 0 Å². The lowest BCUT2D eigenvalue weighted by Gasteiger charge is -2.36. The Bertz CT molecular complexity index is 326. The molecule has 1 aliphatic heterocycles. The minimum atomic E-state index is 0.418. The van der Waals surface area contributed by atoms with E-state index in [0.29, 0.717) is 17.8 Å². The molecule has 1 aliphatic rings. The van der Waals surface area contributed by atoms with Crippen LogP contribution in [0.5, 0.6) is 0 Å². The molecule has 1 aromatic heterocycles. The van der Waals surface area contributed by atoms with E-state index in [-0.39, 0.29) is 0 Å². The molecule has 4 heteroatoms. The summed E-state index contributed by atoms with van der Waals surface area (Å²) in [5, 5.41) is 0. The van der Waals surface area contributed by atoms with Crippen LogP contribution < -0.4 is 4.90 Å². The van der Waals surface area contributed by atoms with Gasteiger partial charge < -0.3 is 9.32 Å². The fourth-order valence-corrected chi connectivity index (χ4v) is 2.22. The molecule has 0 saturated carbocycles. The predicted octanol–water partition coefficient (Wildman–Crippen LogP) is 3.04. The number of hydrogen-bond donors (Lipinski definition) is 0. The molecule has 2 rings (SSSR count). The van der Waals surface area contributed by atoms with Gasteiger partial charge >= 0.3 is 0 Å². The maximum Gasteiger partial charge on any atom is 0.297 e. The first-order chi connectivity index (χ1) is 7.22. The monoisotopic (exact) mass is 228 g/mol. The van der Waals surface area contributed by atoms with E-state index in [9.17, 15) is 0 Å². The molecule has 2 heterocycles. The molecular weight excluding hydrogens is 212 g/mol. The van der Waals surface area contributed by atoms with Gasteiger partial charge in [0.2, 0.25) is 0 Å². The first-order valence-electron chi connectivity index (χ1n) is 5.49. The fraction of sp³-hybridized carbons (Fsp3) is 0.727. The van der Waals surface area contributed by atoms with E-state index in [0.717, 1.165) is 18.3 Å². The van der Waals surface area contributed by atoms with Crippen molar-refractivity contribution in [3.05, 3.63) is 12.0 Å². The Kier molecular flexibility index (Phi) is 3.19. The second-order valence-corrected chi connectivity index (χ2v) is 4.58. The Balaban J connectivity index is 2.14. The van der Waals surface area contributed by atoms with Gasteiger partial charge in [0, 0.05) is 12.6 Å². The highest BCUT2D eigenvalue weighted by Gasteiger charge is 2.27. The molecule has 3 nitrogen and oxygen atoms in total. The fourth-order valence-electron chi connectivity index (χ4n) is 2.10. The summed E-state index contributed by atoms with van der Waals surface area (Å²) in [6, 6.07) is 1.23. The third kappa shape index (κ3) is 2.12. The Labute approximate surface area is 95.4 Å². The highest BCUT2D eigenvalue weighted by molar-refractivity contribution is 6.16. The van der Waals surface area contributed by atoms with Gasteiger partial charge in [-0.2, -0.15) is 4.98 Å². The lowest BCUT2D eigenvalue weighted by molar-refractivity contribution is 0.343. The molecule has 0 radical (unpaired) electrons. The van der Waals surface area contributed by atoms with E-state index in [1.807, 2.05) is 0 Å². The highest BCUT2D eigenvalue weighted by Crippen LogP contribution is 2.27. The molecule has 1 fully saturated rings. The molecule has 0 amide bonds. The standard InChI is InChI=1S/C11H17ClN2O/c1-8-4-3-5-14(9(8)2)11-13-10(6-12)7-15-11/h7-9H,3-6H2,1-2H3. The molecule has 2 unspecified atom stereocenters. The van der Waals surface area contributed by atoms with Gasteiger partial charge in [-0.1, -0.05) is 6.92 Å². The molecule has 0 spiro atoms. The number of halogens is 1. The van der Waals surface area contributed by atoms with Crippen molar-refractivity contribution in [2.75, 3.05) is 11.4 Å². The van der Waals surface area contributed by atoms with Gasteiger partial charge in [0.1, 0.15) is 6.26 Å². The Morgan fingerprint density at radius 1 is 1.60 bits per heavy atom. The van der Waals surface area contributed by atoms with Crippen LogP contribution in [0.25, 0.3) is 0 Å². The number of nitrogens with zero attached hydrogens (tertiary/aromatic N) is 2. The number of alkyl halides is 1. The number of rotatable bonds is 2. The van der Waals surface area contributed by atoms with Crippen molar-refractivity contribution in [1.82, 2.24) is 4.98 Å². The summed E-state index contributed by atoms with van der Waals surface area (Å²) in [5.74, 6) is 1.12. The van der Waals surface area contributed by atoms with Crippen LogP contribution in [0.3, 0.4) is 0 Å². The van der Waals surface area contributed by atoms with E-state index in [1.54, 1.807) is 6.26 Å². The van der Waals surface area contributed by atoms with Crippen LogP contribution in [0, 0.1) is 5.92 Å². The zero-order chi connectivity index (χ0) is 10.8. The Morgan fingerprint density at radius 3 is 3.07 bits per heavy atom. The number of aromatic nitrogens is 1. The zero-order valence-corrected chi connectivity index (χ0v) is 10.00. The number of piperidine rings is 1. The summed E-state index contributed by atoms with van der Waals surface area (Å²) in [6.45, 7) is 5.55.